The SMILES string of the molecule is CCOC(=O)c1c(NC(=O)CN(c2ccc(CC)cc2)S(C)(=O)=O)sc2c1CCC2. The molecule has 1 heterocycles. The van der Waals surface area contributed by atoms with Gasteiger partial charge in [-0.15, -0.1) is 11.3 Å². The van der Waals surface area contributed by atoms with Crippen molar-refractivity contribution in [1.82, 2.24) is 0 Å². The van der Waals surface area contributed by atoms with Crippen molar-refractivity contribution in [2.24, 2.45) is 0 Å². The number of nitrogens with one attached hydrogen (secondary N) is 1. The Hall–Kier alpha value is -2.39. The number of thiophene rings is 1. The van der Waals surface area contributed by atoms with Gasteiger partial charge in [0.25, 0.3) is 0 Å². The Morgan fingerprint density at radius 3 is 2.47 bits per heavy atom. The van der Waals surface area contributed by atoms with Crippen LogP contribution in [-0.4, -0.2) is 39.7 Å². The lowest BCUT2D eigenvalue weighted by Gasteiger charge is -2.22. The fourth-order valence-corrected chi connectivity index (χ4v) is 5.66. The van der Waals surface area contributed by atoms with Crippen molar-refractivity contribution in [1.29, 1.82) is 0 Å². The van der Waals surface area contributed by atoms with Crippen LogP contribution in [0.1, 0.15) is 46.6 Å². The predicted octanol–water partition coefficient (Wildman–Crippen LogP) is 3.38. The van der Waals surface area contributed by atoms with Gasteiger partial charge in [-0.2, -0.15) is 0 Å². The van der Waals surface area contributed by atoms with Crippen LogP contribution in [0, 0.1) is 0 Å². The number of benzene rings is 1. The van der Waals surface area contributed by atoms with Gasteiger partial charge in [-0.3, -0.25) is 9.10 Å². The normalized spacial score (nSPS) is 13.0. The topological polar surface area (TPSA) is 92.8 Å². The first-order valence-electron chi connectivity index (χ1n) is 9.92. The Morgan fingerprint density at radius 1 is 1.17 bits per heavy atom. The summed E-state index contributed by atoms with van der Waals surface area (Å²) in [4.78, 5) is 26.3. The molecule has 0 spiro atoms. The minimum Gasteiger partial charge on any atom is -0.462 e. The molecule has 1 aromatic heterocycles. The number of fused-ring (bicyclic) bond motifs is 1. The number of amides is 1. The molecule has 9 heteroatoms. The highest BCUT2D eigenvalue weighted by molar-refractivity contribution is 7.92. The van der Waals surface area contributed by atoms with Gasteiger partial charge in [-0.1, -0.05) is 19.1 Å². The summed E-state index contributed by atoms with van der Waals surface area (Å²) in [6, 6.07) is 7.07. The average molecular weight is 451 g/mol. The number of anilines is 2. The molecule has 0 unspecified atom stereocenters. The standard InChI is InChI=1S/C21H26N2O5S2/c1-4-14-9-11-15(12-10-14)23(30(3,26)27)13-18(24)22-20-19(21(25)28-5-2)16-7-6-8-17(16)29-20/h9-12H,4-8,13H2,1-3H3,(H,22,24). The summed E-state index contributed by atoms with van der Waals surface area (Å²) in [6.45, 7) is 3.61. The van der Waals surface area contributed by atoms with Gasteiger partial charge in [0.2, 0.25) is 15.9 Å². The minimum atomic E-state index is -3.67. The summed E-state index contributed by atoms with van der Waals surface area (Å²) in [6.07, 6.45) is 4.51. The van der Waals surface area contributed by atoms with Gasteiger partial charge >= 0.3 is 5.97 Å². The number of esters is 1. The van der Waals surface area contributed by atoms with E-state index in [2.05, 4.69) is 5.32 Å². The number of sulfonamides is 1. The molecule has 1 aliphatic rings. The quantitative estimate of drug-likeness (QED) is 0.623. The van der Waals surface area contributed by atoms with Crippen LogP contribution in [-0.2, 0) is 38.8 Å². The number of hydrogen-bond acceptors (Lipinski definition) is 6. The van der Waals surface area contributed by atoms with Gasteiger partial charge in [0.1, 0.15) is 11.5 Å². The average Bonchev–Trinajstić information content (AvgIpc) is 3.26. The van der Waals surface area contributed by atoms with Gasteiger partial charge in [-0.25, -0.2) is 13.2 Å². The maximum atomic E-state index is 12.8. The number of nitrogens with zero attached hydrogens (tertiary/aromatic N) is 1. The van der Waals surface area contributed by atoms with E-state index in [1.165, 1.54) is 11.3 Å². The Balaban J connectivity index is 1.83. The second kappa shape index (κ2) is 9.18. The summed E-state index contributed by atoms with van der Waals surface area (Å²) in [7, 11) is -3.67. The number of rotatable bonds is 8. The highest BCUT2D eigenvalue weighted by Crippen LogP contribution is 2.39. The van der Waals surface area contributed by atoms with Crippen LogP contribution in [0.4, 0.5) is 10.7 Å². The third kappa shape index (κ3) is 4.84. The molecule has 30 heavy (non-hydrogen) atoms. The number of hydrogen-bond donors (Lipinski definition) is 1. The van der Waals surface area contributed by atoms with E-state index in [9.17, 15) is 18.0 Å². The molecular formula is C21H26N2O5S2. The van der Waals surface area contributed by atoms with E-state index < -0.39 is 21.9 Å². The van der Waals surface area contributed by atoms with Crippen molar-refractivity contribution < 1.29 is 22.7 Å². The first-order valence-corrected chi connectivity index (χ1v) is 12.6. The molecule has 1 N–H and O–H groups in total. The first kappa shape index (κ1) is 22.3. The van der Waals surface area contributed by atoms with Gasteiger partial charge in [0.05, 0.1) is 24.1 Å². The van der Waals surface area contributed by atoms with Crippen LogP contribution in [0.15, 0.2) is 24.3 Å². The third-order valence-corrected chi connectivity index (χ3v) is 7.32. The van der Waals surface area contributed by atoms with Crippen LogP contribution in [0.3, 0.4) is 0 Å². The summed E-state index contributed by atoms with van der Waals surface area (Å²) < 4.78 is 30.9. The number of aryl methyl sites for hydroxylation is 2. The fourth-order valence-electron chi connectivity index (χ4n) is 3.51. The second-order valence-corrected chi connectivity index (χ2v) is 10.1. The molecule has 0 saturated carbocycles. The van der Waals surface area contributed by atoms with Crippen LogP contribution in [0.5, 0.6) is 0 Å². The molecule has 7 nitrogen and oxygen atoms in total. The molecule has 0 radical (unpaired) electrons. The lowest BCUT2D eigenvalue weighted by atomic mass is 10.1. The maximum absolute atomic E-state index is 12.8. The minimum absolute atomic E-state index is 0.243. The summed E-state index contributed by atoms with van der Waals surface area (Å²) >= 11 is 1.37. The zero-order valence-electron chi connectivity index (χ0n) is 17.4. The highest BCUT2D eigenvalue weighted by Gasteiger charge is 2.29. The van der Waals surface area contributed by atoms with Gasteiger partial charge in [-0.05, 0) is 55.9 Å². The molecule has 0 aliphatic heterocycles. The first-order chi connectivity index (χ1) is 14.2. The molecule has 0 bridgehead atoms. The van der Waals surface area contributed by atoms with Crippen LogP contribution in [0.2, 0.25) is 0 Å². The maximum Gasteiger partial charge on any atom is 0.341 e. The molecule has 0 fully saturated rings. The van der Waals surface area contributed by atoms with Crippen LogP contribution >= 0.6 is 11.3 Å². The highest BCUT2D eigenvalue weighted by atomic mass is 32.2. The Kier molecular flexibility index (Phi) is 6.82. The van der Waals surface area contributed by atoms with E-state index >= 15 is 0 Å². The van der Waals surface area contributed by atoms with Crippen molar-refractivity contribution >= 4 is 43.9 Å². The van der Waals surface area contributed by atoms with Gasteiger partial charge in [0.15, 0.2) is 0 Å². The summed E-state index contributed by atoms with van der Waals surface area (Å²) in [5, 5.41) is 3.18. The van der Waals surface area contributed by atoms with E-state index in [4.69, 9.17) is 4.74 Å². The van der Waals surface area contributed by atoms with Crippen molar-refractivity contribution in [2.45, 2.75) is 39.5 Å². The Labute approximate surface area is 181 Å². The smallest absolute Gasteiger partial charge is 0.341 e. The van der Waals surface area contributed by atoms with E-state index in [1.807, 2.05) is 19.1 Å². The lowest BCUT2D eigenvalue weighted by molar-refractivity contribution is -0.114. The monoisotopic (exact) mass is 450 g/mol. The molecule has 0 atom stereocenters. The molecule has 2 aromatic rings. The fraction of sp³-hybridized carbons (Fsp3) is 0.429. The zero-order chi connectivity index (χ0) is 21.9. The lowest BCUT2D eigenvalue weighted by Crippen LogP contribution is -2.37. The number of carbonyl (C=O) groups excluding carboxylic acids is 2. The van der Waals surface area contributed by atoms with Crippen molar-refractivity contribution in [2.75, 3.05) is 29.0 Å². The number of ether oxygens (including phenoxy) is 1. The third-order valence-electron chi connectivity index (χ3n) is 4.97. The second-order valence-electron chi connectivity index (χ2n) is 7.12. The van der Waals surface area contributed by atoms with Gasteiger partial charge < -0.3 is 10.1 Å². The van der Waals surface area contributed by atoms with E-state index in [-0.39, 0.29) is 13.2 Å². The molecule has 3 rings (SSSR count). The van der Waals surface area contributed by atoms with Crippen LogP contribution < -0.4 is 9.62 Å². The van der Waals surface area contributed by atoms with Crippen molar-refractivity contribution in [3.63, 3.8) is 0 Å². The molecule has 0 saturated heterocycles. The number of carbonyl (C=O) groups is 2. The summed E-state index contributed by atoms with van der Waals surface area (Å²) in [5.41, 5.74) is 2.83. The van der Waals surface area contributed by atoms with Crippen LogP contribution in [0.25, 0.3) is 0 Å². The molecule has 1 aliphatic carbocycles. The zero-order valence-corrected chi connectivity index (χ0v) is 19.0. The Bertz CT molecular complexity index is 1040. The Morgan fingerprint density at radius 2 is 1.87 bits per heavy atom. The van der Waals surface area contributed by atoms with E-state index in [1.54, 1.807) is 19.1 Å². The summed E-state index contributed by atoms with van der Waals surface area (Å²) in [5.74, 6) is -0.965. The van der Waals surface area contributed by atoms with Crippen molar-refractivity contribution in [3.8, 4) is 0 Å². The molecular weight excluding hydrogens is 424 g/mol. The molecule has 1 aromatic carbocycles. The molecule has 1 amide bonds. The predicted molar refractivity (Wildman–Crippen MR) is 119 cm³/mol. The van der Waals surface area contributed by atoms with Crippen molar-refractivity contribution in [3.05, 3.63) is 45.8 Å². The van der Waals surface area contributed by atoms with Gasteiger partial charge in [0, 0.05) is 4.88 Å². The van der Waals surface area contributed by atoms with E-state index in [0.29, 0.717) is 16.3 Å². The molecule has 162 valence electrons. The van der Waals surface area contributed by atoms with E-state index in [0.717, 1.165) is 52.2 Å². The largest absolute Gasteiger partial charge is 0.462 e.